The van der Waals surface area contributed by atoms with Crippen LogP contribution in [0.25, 0.3) is 0 Å². The molecule has 0 aromatic heterocycles. The fourth-order valence-corrected chi connectivity index (χ4v) is 4.68. The van der Waals surface area contributed by atoms with E-state index in [1.54, 1.807) is 20.8 Å². The van der Waals surface area contributed by atoms with Gasteiger partial charge in [0.05, 0.1) is 6.61 Å². The minimum Gasteiger partial charge on any atom is -0.465 e. The van der Waals surface area contributed by atoms with Gasteiger partial charge in [0.1, 0.15) is 5.25 Å². The van der Waals surface area contributed by atoms with Crippen molar-refractivity contribution in [3.05, 3.63) is 0 Å². The number of esters is 1. The number of carbonyl (C=O) groups is 1. The first kappa shape index (κ1) is 15.7. The summed E-state index contributed by atoms with van der Waals surface area (Å²) in [5.41, 5.74) is 0. The van der Waals surface area contributed by atoms with Crippen LogP contribution in [-0.4, -0.2) is 43.6 Å². The molecule has 16 heavy (non-hydrogen) atoms. The molecule has 0 fully saturated rings. The Kier molecular flexibility index (Phi) is 7.01. The number of hydrogen-bond donors (Lipinski definition) is 0. The van der Waals surface area contributed by atoms with Gasteiger partial charge in [0.25, 0.3) is 9.06 Å². The highest BCUT2D eigenvalue weighted by molar-refractivity contribution is 8.71. The summed E-state index contributed by atoms with van der Waals surface area (Å²) in [6, 6.07) is 0. The Morgan fingerprint density at radius 2 is 1.81 bits per heavy atom. The Morgan fingerprint density at radius 3 is 2.19 bits per heavy atom. The van der Waals surface area contributed by atoms with E-state index in [1.807, 2.05) is 0 Å². The maximum atomic E-state index is 11.8. The third-order valence-corrected chi connectivity index (χ3v) is 6.01. The predicted octanol–water partition coefficient (Wildman–Crippen LogP) is 1.26. The average molecular weight is 269 g/mol. The third kappa shape index (κ3) is 4.71. The fourth-order valence-electron chi connectivity index (χ4n) is 1.08. The molecule has 0 heterocycles. The zero-order valence-electron chi connectivity index (χ0n) is 10.1. The minimum absolute atomic E-state index is 0.259. The van der Waals surface area contributed by atoms with E-state index in [-0.39, 0.29) is 6.61 Å². The Morgan fingerprint density at radius 1 is 1.31 bits per heavy atom. The quantitative estimate of drug-likeness (QED) is 0.514. The Bertz CT molecular complexity index is 311. The van der Waals surface area contributed by atoms with Gasteiger partial charge in [-0.3, -0.25) is 4.79 Å². The number of rotatable bonds is 7. The average Bonchev–Trinajstić information content (AvgIpc) is 2.18. The number of ether oxygens (including phenoxy) is 1. The summed E-state index contributed by atoms with van der Waals surface area (Å²) in [4.78, 5) is 11.3. The van der Waals surface area contributed by atoms with Crippen LogP contribution < -0.4 is 0 Å². The predicted molar refractivity (Wildman–Crippen MR) is 65.5 cm³/mol. The van der Waals surface area contributed by atoms with E-state index in [2.05, 4.69) is 0 Å². The van der Waals surface area contributed by atoms with Crippen LogP contribution in [0.3, 0.4) is 0 Å². The van der Waals surface area contributed by atoms with Gasteiger partial charge < -0.3 is 4.74 Å². The zero-order chi connectivity index (χ0) is 12.8. The van der Waals surface area contributed by atoms with Crippen molar-refractivity contribution in [3.63, 3.8) is 0 Å². The molecule has 0 saturated carbocycles. The van der Waals surface area contributed by atoms with Crippen LogP contribution in [0, 0.1) is 0 Å². The maximum absolute atomic E-state index is 11.8. The van der Waals surface area contributed by atoms with E-state index in [9.17, 15) is 13.2 Å². The monoisotopic (exact) mass is 269 g/mol. The van der Waals surface area contributed by atoms with E-state index in [0.717, 1.165) is 0 Å². The summed E-state index contributed by atoms with van der Waals surface area (Å²) in [6.45, 7) is 7.81. The van der Waals surface area contributed by atoms with Crippen molar-refractivity contribution in [2.45, 2.75) is 32.9 Å². The number of hydrogen-bond acceptors (Lipinski definition) is 5. The summed E-state index contributed by atoms with van der Waals surface area (Å²) in [6.07, 6.45) is 0. The molecule has 1 unspecified atom stereocenters. The lowest BCUT2D eigenvalue weighted by Crippen LogP contribution is -2.31. The smallest absolute Gasteiger partial charge is 0.319 e. The second kappa shape index (κ2) is 7.13. The van der Waals surface area contributed by atoms with E-state index in [0.29, 0.717) is 23.9 Å². The molecule has 0 aliphatic carbocycles. The fraction of sp³-hybridized carbons (Fsp3) is 0.889. The lowest BCUT2D eigenvalue weighted by atomic mass is 10.5. The third-order valence-electron chi connectivity index (χ3n) is 1.91. The lowest BCUT2D eigenvalue weighted by Gasteiger charge is -2.19. The SMILES string of the molecule is CCOC(=O)C(C)SS(=O)(=O)N(CC)CC. The van der Waals surface area contributed by atoms with Crippen LogP contribution in [0.5, 0.6) is 0 Å². The first-order valence-electron chi connectivity index (χ1n) is 5.24. The first-order chi connectivity index (χ1) is 7.38. The maximum Gasteiger partial charge on any atom is 0.319 e. The van der Waals surface area contributed by atoms with Crippen molar-refractivity contribution in [2.75, 3.05) is 19.7 Å². The number of carbonyl (C=O) groups excluding carboxylic acids is 1. The van der Waals surface area contributed by atoms with Gasteiger partial charge in [-0.2, -0.15) is 4.31 Å². The highest BCUT2D eigenvalue weighted by Gasteiger charge is 2.27. The van der Waals surface area contributed by atoms with Crippen LogP contribution in [0.2, 0.25) is 0 Å². The highest BCUT2D eigenvalue weighted by Crippen LogP contribution is 2.23. The Labute approximate surface area is 101 Å². The summed E-state index contributed by atoms with van der Waals surface area (Å²) >= 11 is 0. The molecule has 0 aromatic rings. The second-order valence-electron chi connectivity index (χ2n) is 3.03. The molecule has 0 N–H and O–H groups in total. The van der Waals surface area contributed by atoms with Gasteiger partial charge in [0.15, 0.2) is 0 Å². The first-order valence-corrected chi connectivity index (χ1v) is 8.07. The summed E-state index contributed by atoms with van der Waals surface area (Å²) in [7, 11) is -2.81. The van der Waals surface area contributed by atoms with Crippen molar-refractivity contribution in [1.82, 2.24) is 4.31 Å². The Balaban J connectivity index is 4.52. The van der Waals surface area contributed by atoms with Gasteiger partial charge >= 0.3 is 5.97 Å². The molecule has 5 nitrogen and oxygen atoms in total. The molecule has 0 aliphatic rings. The molecule has 0 aromatic carbocycles. The molecule has 1 atom stereocenters. The van der Waals surface area contributed by atoms with E-state index in [1.165, 1.54) is 11.2 Å². The molecule has 0 bridgehead atoms. The summed E-state index contributed by atoms with van der Waals surface area (Å²) in [5.74, 6) is -0.497. The van der Waals surface area contributed by atoms with Crippen LogP contribution in [0.4, 0.5) is 0 Å². The van der Waals surface area contributed by atoms with E-state index >= 15 is 0 Å². The minimum atomic E-state index is -3.44. The Hall–Kier alpha value is -0.270. The van der Waals surface area contributed by atoms with Gasteiger partial charge in [-0.25, -0.2) is 8.42 Å². The van der Waals surface area contributed by atoms with E-state index in [4.69, 9.17) is 4.74 Å². The van der Waals surface area contributed by atoms with Gasteiger partial charge in [-0.1, -0.05) is 13.8 Å². The van der Waals surface area contributed by atoms with Crippen LogP contribution in [0.1, 0.15) is 27.7 Å². The van der Waals surface area contributed by atoms with Crippen LogP contribution in [0.15, 0.2) is 0 Å². The van der Waals surface area contributed by atoms with Crippen molar-refractivity contribution in [1.29, 1.82) is 0 Å². The highest BCUT2D eigenvalue weighted by atomic mass is 33.1. The summed E-state index contributed by atoms with van der Waals surface area (Å²) in [5, 5.41) is -0.703. The molecule has 0 aliphatic heterocycles. The molecule has 0 amide bonds. The molecule has 0 spiro atoms. The molecule has 7 heteroatoms. The van der Waals surface area contributed by atoms with Gasteiger partial charge in [-0.15, -0.1) is 0 Å². The zero-order valence-corrected chi connectivity index (χ0v) is 11.7. The molecule has 0 saturated heterocycles. The molecule has 96 valence electrons. The van der Waals surface area contributed by atoms with Gasteiger partial charge in [0.2, 0.25) is 0 Å². The van der Waals surface area contributed by atoms with Crippen molar-refractivity contribution < 1.29 is 17.9 Å². The van der Waals surface area contributed by atoms with Crippen LogP contribution in [-0.2, 0) is 18.6 Å². The second-order valence-corrected chi connectivity index (χ2v) is 7.14. The van der Waals surface area contributed by atoms with Gasteiger partial charge in [-0.05, 0) is 24.6 Å². The molecular formula is C9H19NO4S2. The van der Waals surface area contributed by atoms with Crippen molar-refractivity contribution in [2.24, 2.45) is 0 Å². The van der Waals surface area contributed by atoms with Crippen molar-refractivity contribution >= 4 is 25.8 Å². The largest absolute Gasteiger partial charge is 0.465 e. The normalized spacial score (nSPS) is 13.8. The van der Waals surface area contributed by atoms with Crippen LogP contribution >= 0.6 is 10.8 Å². The molecular weight excluding hydrogens is 250 g/mol. The van der Waals surface area contributed by atoms with E-state index < -0.39 is 20.3 Å². The topological polar surface area (TPSA) is 63.7 Å². The molecule has 0 radical (unpaired) electrons. The molecule has 0 rings (SSSR count). The standard InChI is InChI=1S/C9H19NO4S2/c1-5-10(6-2)16(12,13)15-8(4)9(11)14-7-3/h8H,5-7H2,1-4H3. The lowest BCUT2D eigenvalue weighted by molar-refractivity contribution is -0.142. The van der Waals surface area contributed by atoms with Gasteiger partial charge in [0, 0.05) is 13.1 Å². The summed E-state index contributed by atoms with van der Waals surface area (Å²) < 4.78 is 29.7. The number of nitrogens with zero attached hydrogens (tertiary/aromatic N) is 1. The van der Waals surface area contributed by atoms with Crippen molar-refractivity contribution in [3.8, 4) is 0 Å².